The van der Waals surface area contributed by atoms with Crippen molar-refractivity contribution >= 4 is 11.0 Å². The molecule has 19 heavy (non-hydrogen) atoms. The molecule has 1 fully saturated rings. The van der Waals surface area contributed by atoms with Gasteiger partial charge in [-0.25, -0.2) is 4.98 Å². The van der Waals surface area contributed by atoms with Gasteiger partial charge in [0, 0.05) is 25.0 Å². The van der Waals surface area contributed by atoms with Gasteiger partial charge in [0.05, 0.1) is 24.2 Å². The van der Waals surface area contributed by atoms with E-state index in [1.807, 2.05) is 6.92 Å². The SMILES string of the molecule is Cc1nc2ccc(CNCC3(CN)COC3)cc2[nH]1. The van der Waals surface area contributed by atoms with Crippen LogP contribution in [0.5, 0.6) is 0 Å². The molecule has 2 heterocycles. The third kappa shape index (κ3) is 2.49. The quantitative estimate of drug-likeness (QED) is 0.747. The molecule has 0 atom stereocenters. The standard InChI is InChI=1S/C14H20N4O/c1-10-17-12-3-2-11(4-13(12)18-10)5-16-7-14(6-15)8-19-9-14/h2-4,16H,5-9,15H2,1H3,(H,17,18). The lowest BCUT2D eigenvalue weighted by atomic mass is 9.86. The van der Waals surface area contributed by atoms with Gasteiger partial charge in [0.15, 0.2) is 0 Å². The van der Waals surface area contributed by atoms with Crippen molar-refractivity contribution in [2.24, 2.45) is 11.1 Å². The van der Waals surface area contributed by atoms with Crippen molar-refractivity contribution in [2.45, 2.75) is 13.5 Å². The van der Waals surface area contributed by atoms with Crippen LogP contribution in [0.25, 0.3) is 11.0 Å². The molecule has 0 saturated carbocycles. The summed E-state index contributed by atoms with van der Waals surface area (Å²) < 4.78 is 5.26. The van der Waals surface area contributed by atoms with E-state index in [9.17, 15) is 0 Å². The number of nitrogens with one attached hydrogen (secondary N) is 2. The number of benzene rings is 1. The van der Waals surface area contributed by atoms with Gasteiger partial charge < -0.3 is 20.8 Å². The number of ether oxygens (including phenoxy) is 1. The van der Waals surface area contributed by atoms with Gasteiger partial charge in [-0.3, -0.25) is 0 Å². The first-order valence-electron chi connectivity index (χ1n) is 6.65. The fourth-order valence-electron chi connectivity index (χ4n) is 2.45. The van der Waals surface area contributed by atoms with E-state index in [1.165, 1.54) is 5.56 Å². The fraction of sp³-hybridized carbons (Fsp3) is 0.500. The third-order valence-corrected chi connectivity index (χ3v) is 3.74. The topological polar surface area (TPSA) is 76.0 Å². The number of hydrogen-bond acceptors (Lipinski definition) is 4. The van der Waals surface area contributed by atoms with Crippen LogP contribution in [-0.4, -0.2) is 36.3 Å². The van der Waals surface area contributed by atoms with Crippen molar-refractivity contribution in [1.29, 1.82) is 0 Å². The summed E-state index contributed by atoms with van der Waals surface area (Å²) in [4.78, 5) is 7.66. The number of aromatic amines is 1. The summed E-state index contributed by atoms with van der Waals surface area (Å²) >= 11 is 0. The summed E-state index contributed by atoms with van der Waals surface area (Å²) in [5.74, 6) is 0.953. The Morgan fingerprint density at radius 1 is 1.47 bits per heavy atom. The van der Waals surface area contributed by atoms with Crippen molar-refractivity contribution in [3.05, 3.63) is 29.6 Å². The fourth-order valence-corrected chi connectivity index (χ4v) is 2.45. The van der Waals surface area contributed by atoms with Crippen LogP contribution in [0.1, 0.15) is 11.4 Å². The minimum Gasteiger partial charge on any atom is -0.380 e. The zero-order valence-corrected chi connectivity index (χ0v) is 11.2. The monoisotopic (exact) mass is 260 g/mol. The van der Waals surface area contributed by atoms with Crippen molar-refractivity contribution in [2.75, 3.05) is 26.3 Å². The van der Waals surface area contributed by atoms with E-state index in [-0.39, 0.29) is 5.41 Å². The van der Waals surface area contributed by atoms with Crippen molar-refractivity contribution in [1.82, 2.24) is 15.3 Å². The molecule has 1 aliphatic heterocycles. The van der Waals surface area contributed by atoms with Gasteiger partial charge >= 0.3 is 0 Å². The Morgan fingerprint density at radius 3 is 3.00 bits per heavy atom. The zero-order chi connectivity index (χ0) is 13.3. The van der Waals surface area contributed by atoms with E-state index in [1.54, 1.807) is 0 Å². The number of nitrogens with two attached hydrogens (primary N) is 1. The average molecular weight is 260 g/mol. The number of rotatable bonds is 5. The molecule has 5 nitrogen and oxygen atoms in total. The van der Waals surface area contributed by atoms with E-state index in [2.05, 4.69) is 33.5 Å². The maximum absolute atomic E-state index is 5.79. The largest absolute Gasteiger partial charge is 0.380 e. The number of nitrogens with zero attached hydrogens (tertiary/aromatic N) is 1. The van der Waals surface area contributed by atoms with Gasteiger partial charge in [-0.15, -0.1) is 0 Å². The Kier molecular flexibility index (Phi) is 3.26. The summed E-state index contributed by atoms with van der Waals surface area (Å²) in [7, 11) is 0. The third-order valence-electron chi connectivity index (χ3n) is 3.74. The lowest BCUT2D eigenvalue weighted by Gasteiger charge is -2.40. The van der Waals surface area contributed by atoms with E-state index in [0.717, 1.165) is 43.2 Å². The summed E-state index contributed by atoms with van der Waals surface area (Å²) in [6.45, 7) is 5.95. The average Bonchev–Trinajstić information content (AvgIpc) is 2.72. The highest BCUT2D eigenvalue weighted by Gasteiger charge is 2.36. The highest BCUT2D eigenvalue weighted by atomic mass is 16.5. The number of imidazole rings is 1. The zero-order valence-electron chi connectivity index (χ0n) is 11.2. The predicted octanol–water partition coefficient (Wildman–Crippen LogP) is 0.936. The van der Waals surface area contributed by atoms with Crippen LogP contribution in [0, 0.1) is 12.3 Å². The molecule has 0 bridgehead atoms. The predicted molar refractivity (Wildman–Crippen MR) is 74.8 cm³/mol. The van der Waals surface area contributed by atoms with Gasteiger partial charge in [-0.05, 0) is 24.6 Å². The molecular weight excluding hydrogens is 240 g/mol. The Morgan fingerprint density at radius 2 is 2.32 bits per heavy atom. The molecule has 5 heteroatoms. The van der Waals surface area contributed by atoms with Gasteiger partial charge in [0.25, 0.3) is 0 Å². The molecule has 2 aromatic rings. The van der Waals surface area contributed by atoms with Crippen LogP contribution in [0.2, 0.25) is 0 Å². The van der Waals surface area contributed by atoms with E-state index in [0.29, 0.717) is 6.54 Å². The number of H-pyrrole nitrogens is 1. The van der Waals surface area contributed by atoms with Crippen LogP contribution in [0.15, 0.2) is 18.2 Å². The Bertz CT molecular complexity index is 568. The normalized spacial score (nSPS) is 17.6. The maximum Gasteiger partial charge on any atom is 0.104 e. The number of fused-ring (bicyclic) bond motifs is 1. The molecule has 3 rings (SSSR count). The molecule has 4 N–H and O–H groups in total. The Hall–Kier alpha value is -1.43. The highest BCUT2D eigenvalue weighted by molar-refractivity contribution is 5.75. The number of hydrogen-bond donors (Lipinski definition) is 3. The van der Waals surface area contributed by atoms with Crippen molar-refractivity contribution < 1.29 is 4.74 Å². The van der Waals surface area contributed by atoms with Gasteiger partial charge in [0.1, 0.15) is 5.82 Å². The molecular formula is C14H20N4O. The van der Waals surface area contributed by atoms with Gasteiger partial charge in [-0.2, -0.15) is 0 Å². The second kappa shape index (κ2) is 4.92. The molecule has 0 amide bonds. The summed E-state index contributed by atoms with van der Waals surface area (Å²) in [6, 6.07) is 6.32. The molecule has 0 aliphatic carbocycles. The van der Waals surface area contributed by atoms with Crippen LogP contribution < -0.4 is 11.1 Å². The molecule has 0 spiro atoms. The first kappa shape index (κ1) is 12.6. The maximum atomic E-state index is 5.79. The van der Waals surface area contributed by atoms with Crippen molar-refractivity contribution in [3.8, 4) is 0 Å². The minimum absolute atomic E-state index is 0.147. The Labute approximate surface area is 112 Å². The molecule has 0 unspecified atom stereocenters. The number of aromatic nitrogens is 2. The van der Waals surface area contributed by atoms with Gasteiger partial charge in [0.2, 0.25) is 0 Å². The molecule has 1 saturated heterocycles. The highest BCUT2D eigenvalue weighted by Crippen LogP contribution is 2.25. The van der Waals surface area contributed by atoms with E-state index < -0.39 is 0 Å². The summed E-state index contributed by atoms with van der Waals surface area (Å²) in [5.41, 5.74) is 9.31. The molecule has 102 valence electrons. The van der Waals surface area contributed by atoms with Crippen LogP contribution >= 0.6 is 0 Å². The molecule has 1 aliphatic rings. The second-order valence-corrected chi connectivity index (χ2v) is 5.47. The van der Waals surface area contributed by atoms with E-state index >= 15 is 0 Å². The molecule has 1 aromatic carbocycles. The van der Waals surface area contributed by atoms with Crippen molar-refractivity contribution in [3.63, 3.8) is 0 Å². The minimum atomic E-state index is 0.147. The first-order chi connectivity index (χ1) is 9.21. The number of aryl methyl sites for hydroxylation is 1. The Balaban J connectivity index is 1.62. The van der Waals surface area contributed by atoms with Crippen LogP contribution in [-0.2, 0) is 11.3 Å². The first-order valence-corrected chi connectivity index (χ1v) is 6.65. The lowest BCUT2D eigenvalue weighted by Crippen LogP contribution is -2.54. The van der Waals surface area contributed by atoms with Crippen LogP contribution in [0.3, 0.4) is 0 Å². The molecule has 1 aromatic heterocycles. The van der Waals surface area contributed by atoms with E-state index in [4.69, 9.17) is 10.5 Å². The molecule has 0 radical (unpaired) electrons. The smallest absolute Gasteiger partial charge is 0.104 e. The second-order valence-electron chi connectivity index (χ2n) is 5.47. The summed E-state index contributed by atoms with van der Waals surface area (Å²) in [6.07, 6.45) is 0. The van der Waals surface area contributed by atoms with Gasteiger partial charge in [-0.1, -0.05) is 6.07 Å². The lowest BCUT2D eigenvalue weighted by molar-refractivity contribution is -0.105. The van der Waals surface area contributed by atoms with Crippen LogP contribution in [0.4, 0.5) is 0 Å². The summed E-state index contributed by atoms with van der Waals surface area (Å²) in [5, 5.41) is 3.47.